The quantitative estimate of drug-likeness (QED) is 0.327. The highest BCUT2D eigenvalue weighted by Gasteiger charge is 2.28. The van der Waals surface area contributed by atoms with Crippen molar-refractivity contribution in [3.63, 3.8) is 0 Å². The van der Waals surface area contributed by atoms with Gasteiger partial charge in [0.15, 0.2) is 0 Å². The molecule has 3 nitrogen and oxygen atoms in total. The summed E-state index contributed by atoms with van der Waals surface area (Å²) in [4.78, 5) is 12.3. The molecule has 0 bridgehead atoms. The molecule has 4 aromatic carbocycles. The molecule has 0 unspecified atom stereocenters. The summed E-state index contributed by atoms with van der Waals surface area (Å²) in [5.74, 6) is 0.0669. The van der Waals surface area contributed by atoms with Crippen LogP contribution in [0.2, 0.25) is 0 Å². The molecule has 0 saturated heterocycles. The van der Waals surface area contributed by atoms with Gasteiger partial charge in [0.25, 0.3) is 0 Å². The third kappa shape index (κ3) is 3.94. The average Bonchev–Trinajstić information content (AvgIpc) is 3.15. The number of nitrogens with one attached hydrogen (secondary N) is 1. The van der Waals surface area contributed by atoms with Gasteiger partial charge in [-0.3, -0.25) is 0 Å². The van der Waals surface area contributed by atoms with E-state index < -0.39 is 6.09 Å². The fourth-order valence-corrected chi connectivity index (χ4v) is 4.98. The largest absolute Gasteiger partial charge is 0.449 e. The standard InChI is InChI=1S/C28H22BrNO2/c29-27-20(16-15-19-8-1-2-10-21(19)27)9-7-17-30-28(31)32-18-26-24-13-5-3-11-22(24)23-12-4-6-14-25(23)26/h1-16,26H,17-18H2,(H,30,31). The summed E-state index contributed by atoms with van der Waals surface area (Å²) in [7, 11) is 0. The van der Waals surface area contributed by atoms with Crippen molar-refractivity contribution in [3.05, 3.63) is 112 Å². The van der Waals surface area contributed by atoms with E-state index in [9.17, 15) is 4.79 Å². The lowest BCUT2D eigenvalue weighted by atomic mass is 9.98. The van der Waals surface area contributed by atoms with Crippen LogP contribution >= 0.6 is 15.9 Å². The number of carbonyl (C=O) groups excluding carboxylic acids is 1. The summed E-state index contributed by atoms with van der Waals surface area (Å²) < 4.78 is 6.63. The molecule has 1 aliphatic rings. The van der Waals surface area contributed by atoms with Gasteiger partial charge in [-0.15, -0.1) is 0 Å². The van der Waals surface area contributed by atoms with Crippen LogP contribution in [0.4, 0.5) is 4.79 Å². The molecule has 0 aromatic heterocycles. The molecule has 0 atom stereocenters. The molecule has 0 fully saturated rings. The molecular weight excluding hydrogens is 462 g/mol. The van der Waals surface area contributed by atoms with Gasteiger partial charge in [0, 0.05) is 16.9 Å². The van der Waals surface area contributed by atoms with E-state index >= 15 is 0 Å². The number of amides is 1. The molecule has 5 rings (SSSR count). The van der Waals surface area contributed by atoms with E-state index in [1.165, 1.54) is 33.0 Å². The van der Waals surface area contributed by atoms with Gasteiger partial charge in [-0.1, -0.05) is 97.1 Å². The fraction of sp³-hybridized carbons (Fsp3) is 0.107. The van der Waals surface area contributed by atoms with E-state index in [1.807, 2.05) is 48.6 Å². The van der Waals surface area contributed by atoms with Gasteiger partial charge in [-0.2, -0.15) is 0 Å². The maximum Gasteiger partial charge on any atom is 0.407 e. The maximum atomic E-state index is 12.3. The van der Waals surface area contributed by atoms with Gasteiger partial charge in [0.1, 0.15) is 6.61 Å². The lowest BCUT2D eigenvalue weighted by Gasteiger charge is -2.14. The van der Waals surface area contributed by atoms with Crippen molar-refractivity contribution in [2.24, 2.45) is 0 Å². The number of hydrogen-bond acceptors (Lipinski definition) is 2. The van der Waals surface area contributed by atoms with E-state index in [0.717, 1.165) is 10.0 Å². The molecule has 0 aliphatic heterocycles. The van der Waals surface area contributed by atoms with Gasteiger partial charge in [0.2, 0.25) is 0 Å². The first-order valence-electron chi connectivity index (χ1n) is 10.6. The number of rotatable bonds is 5. The summed E-state index contributed by atoms with van der Waals surface area (Å²) in [6.45, 7) is 0.718. The van der Waals surface area contributed by atoms with Crippen LogP contribution in [0.1, 0.15) is 22.6 Å². The Bertz CT molecular complexity index is 1280. The maximum absolute atomic E-state index is 12.3. The Morgan fingerprint density at radius 3 is 2.28 bits per heavy atom. The Morgan fingerprint density at radius 1 is 0.875 bits per heavy atom. The minimum absolute atomic E-state index is 0.0669. The number of hydrogen-bond donors (Lipinski definition) is 1. The van der Waals surface area contributed by atoms with E-state index in [2.05, 4.69) is 69.8 Å². The summed E-state index contributed by atoms with van der Waals surface area (Å²) in [6.07, 6.45) is 3.52. The van der Waals surface area contributed by atoms with Crippen LogP contribution in [-0.4, -0.2) is 19.2 Å². The van der Waals surface area contributed by atoms with Gasteiger partial charge in [-0.05, 0) is 54.5 Å². The Balaban J connectivity index is 1.19. The first kappa shape index (κ1) is 20.5. The highest BCUT2D eigenvalue weighted by molar-refractivity contribution is 9.10. The van der Waals surface area contributed by atoms with Gasteiger partial charge >= 0.3 is 6.09 Å². The molecule has 1 amide bonds. The molecule has 158 valence electrons. The molecule has 0 saturated carbocycles. The summed E-state index contributed by atoms with van der Waals surface area (Å²) >= 11 is 3.69. The highest BCUT2D eigenvalue weighted by atomic mass is 79.9. The van der Waals surface area contributed by atoms with Crippen molar-refractivity contribution in [1.82, 2.24) is 5.32 Å². The van der Waals surface area contributed by atoms with Crippen LogP contribution in [0.3, 0.4) is 0 Å². The number of halogens is 1. The molecule has 4 heteroatoms. The monoisotopic (exact) mass is 483 g/mol. The van der Waals surface area contributed by atoms with Crippen LogP contribution in [-0.2, 0) is 4.74 Å². The normalized spacial score (nSPS) is 12.7. The molecule has 4 aromatic rings. The number of carbonyl (C=O) groups is 1. The Kier molecular flexibility index (Phi) is 5.78. The van der Waals surface area contributed by atoms with Gasteiger partial charge < -0.3 is 10.1 Å². The number of benzene rings is 4. The Labute approximate surface area is 195 Å². The zero-order chi connectivity index (χ0) is 21.9. The van der Waals surface area contributed by atoms with Gasteiger partial charge in [-0.25, -0.2) is 4.79 Å². The first-order valence-corrected chi connectivity index (χ1v) is 11.4. The lowest BCUT2D eigenvalue weighted by molar-refractivity contribution is 0.144. The lowest BCUT2D eigenvalue weighted by Crippen LogP contribution is -2.26. The summed E-state index contributed by atoms with van der Waals surface area (Å²) in [5, 5.41) is 5.17. The zero-order valence-corrected chi connectivity index (χ0v) is 19.0. The summed E-state index contributed by atoms with van der Waals surface area (Å²) in [6, 6.07) is 29.1. The van der Waals surface area contributed by atoms with Crippen molar-refractivity contribution < 1.29 is 9.53 Å². The van der Waals surface area contributed by atoms with Crippen LogP contribution in [0.15, 0.2) is 95.5 Å². The smallest absolute Gasteiger partial charge is 0.407 e. The SMILES string of the molecule is O=C(NCC=Cc1ccc2ccccc2c1Br)OCC1c2ccccc2-c2ccccc21. The minimum atomic E-state index is -0.408. The number of alkyl carbamates (subject to hydrolysis) is 1. The van der Waals surface area contributed by atoms with E-state index in [0.29, 0.717) is 13.2 Å². The third-order valence-electron chi connectivity index (χ3n) is 5.90. The highest BCUT2D eigenvalue weighted by Crippen LogP contribution is 2.44. The molecule has 0 heterocycles. The average molecular weight is 484 g/mol. The second-order valence-electron chi connectivity index (χ2n) is 7.80. The topological polar surface area (TPSA) is 38.3 Å². The molecule has 1 aliphatic carbocycles. The van der Waals surface area contributed by atoms with Crippen molar-refractivity contribution >= 4 is 38.9 Å². The van der Waals surface area contributed by atoms with E-state index in [-0.39, 0.29) is 5.92 Å². The zero-order valence-electron chi connectivity index (χ0n) is 17.4. The van der Waals surface area contributed by atoms with Crippen LogP contribution in [0, 0.1) is 0 Å². The van der Waals surface area contributed by atoms with Crippen molar-refractivity contribution in [2.75, 3.05) is 13.2 Å². The fourth-order valence-electron chi connectivity index (χ4n) is 4.36. The van der Waals surface area contributed by atoms with Crippen molar-refractivity contribution in [2.45, 2.75) is 5.92 Å². The van der Waals surface area contributed by atoms with Crippen LogP contribution in [0.5, 0.6) is 0 Å². The molecule has 1 N–H and O–H groups in total. The number of fused-ring (bicyclic) bond motifs is 4. The predicted molar refractivity (Wildman–Crippen MR) is 134 cm³/mol. The minimum Gasteiger partial charge on any atom is -0.449 e. The molecule has 32 heavy (non-hydrogen) atoms. The third-order valence-corrected chi connectivity index (χ3v) is 6.78. The van der Waals surface area contributed by atoms with Crippen molar-refractivity contribution in [3.8, 4) is 11.1 Å². The molecule has 0 radical (unpaired) electrons. The molecular formula is C28H22BrNO2. The number of ether oxygens (including phenoxy) is 1. The first-order chi connectivity index (χ1) is 15.7. The van der Waals surface area contributed by atoms with Crippen LogP contribution < -0.4 is 5.32 Å². The molecule has 0 spiro atoms. The second kappa shape index (κ2) is 9.01. The van der Waals surface area contributed by atoms with Gasteiger partial charge in [0.05, 0.1) is 0 Å². The summed E-state index contributed by atoms with van der Waals surface area (Å²) in [5.41, 5.74) is 5.94. The van der Waals surface area contributed by atoms with E-state index in [1.54, 1.807) is 0 Å². The van der Waals surface area contributed by atoms with Crippen molar-refractivity contribution in [1.29, 1.82) is 0 Å². The Morgan fingerprint density at radius 2 is 1.53 bits per heavy atom. The Hall–Kier alpha value is -3.37. The van der Waals surface area contributed by atoms with E-state index in [4.69, 9.17) is 4.74 Å². The second-order valence-corrected chi connectivity index (χ2v) is 8.59. The predicted octanol–water partition coefficient (Wildman–Crippen LogP) is 7.15. The van der Waals surface area contributed by atoms with Crippen LogP contribution in [0.25, 0.3) is 28.0 Å².